The van der Waals surface area contributed by atoms with E-state index >= 15 is 0 Å². The second-order valence-electron chi connectivity index (χ2n) is 2.47. The van der Waals surface area contributed by atoms with E-state index in [9.17, 15) is 4.21 Å². The molecule has 16 heavy (non-hydrogen) atoms. The molecule has 0 spiro atoms. The van der Waals surface area contributed by atoms with Gasteiger partial charge in [-0.25, -0.2) is 9.35 Å². The number of benzene rings is 1. The molecule has 4 heteroatoms. The van der Waals surface area contributed by atoms with Crippen LogP contribution in [0.15, 0.2) is 29.2 Å². The molecule has 0 radical (unpaired) electrons. The fraction of sp³-hybridized carbons (Fsp3) is 0.500. The van der Waals surface area contributed by atoms with Crippen molar-refractivity contribution in [3.8, 4) is 0 Å². The zero-order valence-electron chi connectivity index (χ0n) is 10.9. The van der Waals surface area contributed by atoms with Gasteiger partial charge in [0.15, 0.2) is 0 Å². The monoisotopic (exact) mass is 244 g/mol. The molecule has 3 N–H and O–H groups in total. The van der Waals surface area contributed by atoms with Gasteiger partial charge in [0.05, 0.1) is 4.90 Å². The number of nitrogens with one attached hydrogen (secondary N) is 1. The summed E-state index contributed by atoms with van der Waals surface area (Å²) in [5.74, 6) is 0. The van der Waals surface area contributed by atoms with E-state index in [1.54, 1.807) is 12.1 Å². The Balaban J connectivity index is 0. The van der Waals surface area contributed by atoms with E-state index in [0.717, 1.165) is 12.1 Å². The summed E-state index contributed by atoms with van der Waals surface area (Å²) >= 11 is 0. The van der Waals surface area contributed by atoms with Crippen molar-refractivity contribution >= 4 is 11.0 Å². The molecule has 0 bridgehead atoms. The second-order valence-corrected chi connectivity index (χ2v) is 3.54. The van der Waals surface area contributed by atoms with Crippen LogP contribution in [-0.2, 0) is 17.5 Å². The smallest absolute Gasteiger partial charge is 0.122 e. The van der Waals surface area contributed by atoms with Gasteiger partial charge in [-0.2, -0.15) is 0 Å². The topological polar surface area (TPSA) is 55.1 Å². The predicted octanol–water partition coefficient (Wildman–Crippen LogP) is 2.44. The Labute approximate surface area is 102 Å². The first kappa shape index (κ1) is 17.7. The molecule has 1 aromatic rings. The van der Waals surface area contributed by atoms with Crippen LogP contribution in [0.2, 0.25) is 0 Å². The summed E-state index contributed by atoms with van der Waals surface area (Å²) in [7, 11) is 0.522. The van der Waals surface area contributed by atoms with Crippen LogP contribution < -0.4 is 10.5 Å². The molecule has 0 heterocycles. The van der Waals surface area contributed by atoms with Gasteiger partial charge in [0.25, 0.3) is 0 Å². The molecule has 1 rings (SSSR count). The molecule has 0 fully saturated rings. The third kappa shape index (κ3) is 7.56. The summed E-state index contributed by atoms with van der Waals surface area (Å²) in [4.78, 5) is 0.662. The molecule has 94 valence electrons. The van der Waals surface area contributed by atoms with E-state index in [1.807, 2.05) is 46.9 Å². The molecule has 0 aliphatic heterocycles. The van der Waals surface area contributed by atoms with Gasteiger partial charge >= 0.3 is 0 Å². The first-order valence-corrected chi connectivity index (χ1v) is 6.85. The maximum absolute atomic E-state index is 10.8. The molecule has 0 aromatic heterocycles. The number of rotatable bonds is 3. The highest BCUT2D eigenvalue weighted by atomic mass is 32.2. The van der Waals surface area contributed by atoms with Crippen molar-refractivity contribution in [1.82, 2.24) is 5.32 Å². The zero-order valence-corrected chi connectivity index (χ0v) is 11.7. The maximum Gasteiger partial charge on any atom is 0.122 e. The largest absolute Gasteiger partial charge is 0.316 e. The third-order valence-corrected chi connectivity index (χ3v) is 2.27. The van der Waals surface area contributed by atoms with E-state index in [-0.39, 0.29) is 0 Å². The molecule has 0 aliphatic rings. The molecule has 3 nitrogen and oxygen atoms in total. The summed E-state index contributed by atoms with van der Waals surface area (Å²) in [5.41, 5.74) is 1.16. The Kier molecular flexibility index (Phi) is 13.7. The quantitative estimate of drug-likeness (QED) is 0.858. The summed E-state index contributed by atoms with van der Waals surface area (Å²) < 4.78 is 10.8. The molecule has 0 saturated carbocycles. The number of nitrogens with two attached hydrogens (primary N) is 1. The zero-order chi connectivity index (χ0) is 13.0. The first-order chi connectivity index (χ1) is 7.74. The normalized spacial score (nSPS) is 10.4. The van der Waals surface area contributed by atoms with E-state index in [2.05, 4.69) is 5.32 Å². The lowest BCUT2D eigenvalue weighted by molar-refractivity contribution is 0.684. The van der Waals surface area contributed by atoms with Crippen molar-refractivity contribution in [3.05, 3.63) is 29.8 Å². The molecule has 0 saturated heterocycles. The Bertz CT molecular complexity index is 273. The van der Waals surface area contributed by atoms with Crippen molar-refractivity contribution in [2.24, 2.45) is 5.14 Å². The summed E-state index contributed by atoms with van der Waals surface area (Å²) in [6.45, 7) is 8.82. The standard InChI is InChI=1S/C8H12N2OS.2C2H6/c1-10-6-7-2-4-8(5-3-7)12(9)11;2*1-2/h2-5,10H,6,9H2,1H3;2*1-2H3. The van der Waals surface area contributed by atoms with E-state index in [4.69, 9.17) is 5.14 Å². The Hall–Kier alpha value is -0.710. The SMILES string of the molecule is CC.CC.CNCc1ccc(S(N)=O)cc1. The second kappa shape index (κ2) is 12.4. The summed E-state index contributed by atoms with van der Waals surface area (Å²) in [6, 6.07) is 7.39. The van der Waals surface area contributed by atoms with Crippen LogP contribution in [0.1, 0.15) is 33.3 Å². The highest BCUT2D eigenvalue weighted by molar-refractivity contribution is 7.82. The third-order valence-electron chi connectivity index (χ3n) is 1.54. The van der Waals surface area contributed by atoms with Crippen LogP contribution in [0, 0.1) is 0 Å². The Morgan fingerprint density at radius 1 is 1.12 bits per heavy atom. The minimum atomic E-state index is -1.36. The van der Waals surface area contributed by atoms with Gasteiger partial charge in [0, 0.05) is 6.54 Å². The fourth-order valence-electron chi connectivity index (χ4n) is 0.946. The lowest BCUT2D eigenvalue weighted by atomic mass is 10.2. The fourth-order valence-corrected chi connectivity index (χ4v) is 1.35. The van der Waals surface area contributed by atoms with Gasteiger partial charge in [0.2, 0.25) is 0 Å². The molecular formula is C12H24N2OS. The number of hydrogen-bond acceptors (Lipinski definition) is 2. The molecule has 0 aliphatic carbocycles. The van der Waals surface area contributed by atoms with Crippen LogP contribution in [0.4, 0.5) is 0 Å². The van der Waals surface area contributed by atoms with Crippen molar-refractivity contribution in [2.45, 2.75) is 39.1 Å². The van der Waals surface area contributed by atoms with Crippen LogP contribution >= 0.6 is 0 Å². The van der Waals surface area contributed by atoms with Crippen molar-refractivity contribution in [2.75, 3.05) is 7.05 Å². The average molecular weight is 244 g/mol. The lowest BCUT2D eigenvalue weighted by Gasteiger charge is -2.00. The maximum atomic E-state index is 10.8. The minimum Gasteiger partial charge on any atom is -0.316 e. The van der Waals surface area contributed by atoms with E-state index in [1.165, 1.54) is 0 Å². The predicted molar refractivity (Wildman–Crippen MR) is 72.5 cm³/mol. The van der Waals surface area contributed by atoms with Gasteiger partial charge < -0.3 is 5.32 Å². The summed E-state index contributed by atoms with van der Waals surface area (Å²) in [6.07, 6.45) is 0. The Morgan fingerprint density at radius 3 is 1.88 bits per heavy atom. The Morgan fingerprint density at radius 2 is 1.56 bits per heavy atom. The molecule has 1 unspecified atom stereocenters. The number of hydrogen-bond donors (Lipinski definition) is 2. The lowest BCUT2D eigenvalue weighted by Crippen LogP contribution is -2.06. The summed E-state index contributed by atoms with van der Waals surface area (Å²) in [5, 5.41) is 8.22. The minimum absolute atomic E-state index is 0.662. The molecule has 1 atom stereocenters. The molecular weight excluding hydrogens is 220 g/mol. The van der Waals surface area contributed by atoms with Crippen molar-refractivity contribution in [1.29, 1.82) is 0 Å². The molecule has 1 aromatic carbocycles. The van der Waals surface area contributed by atoms with Crippen molar-refractivity contribution < 1.29 is 4.21 Å². The highest BCUT2D eigenvalue weighted by Crippen LogP contribution is 2.05. The van der Waals surface area contributed by atoms with Gasteiger partial charge in [-0.3, -0.25) is 0 Å². The van der Waals surface area contributed by atoms with Gasteiger partial charge in [-0.15, -0.1) is 0 Å². The van der Waals surface area contributed by atoms with E-state index < -0.39 is 11.0 Å². The van der Waals surface area contributed by atoms with Crippen LogP contribution in [-0.4, -0.2) is 11.3 Å². The highest BCUT2D eigenvalue weighted by Gasteiger charge is 1.96. The van der Waals surface area contributed by atoms with E-state index in [0.29, 0.717) is 4.90 Å². The van der Waals surface area contributed by atoms with Crippen LogP contribution in [0.3, 0.4) is 0 Å². The van der Waals surface area contributed by atoms with Crippen LogP contribution in [0.25, 0.3) is 0 Å². The van der Waals surface area contributed by atoms with Gasteiger partial charge in [-0.05, 0) is 24.7 Å². The van der Waals surface area contributed by atoms with Gasteiger partial charge in [-0.1, -0.05) is 39.8 Å². The average Bonchev–Trinajstić information content (AvgIpc) is 2.35. The van der Waals surface area contributed by atoms with Gasteiger partial charge in [0.1, 0.15) is 11.0 Å². The van der Waals surface area contributed by atoms with Crippen molar-refractivity contribution in [3.63, 3.8) is 0 Å². The first-order valence-electron chi connectivity index (χ1n) is 5.63. The van der Waals surface area contributed by atoms with Crippen LogP contribution in [0.5, 0.6) is 0 Å². The molecule has 0 amide bonds.